The van der Waals surface area contributed by atoms with E-state index in [2.05, 4.69) is 4.98 Å². The van der Waals surface area contributed by atoms with Crippen LogP contribution in [0.25, 0.3) is 0 Å². The number of fused-ring (bicyclic) bond motifs is 1. The van der Waals surface area contributed by atoms with Crippen molar-refractivity contribution in [2.24, 2.45) is 5.73 Å². The van der Waals surface area contributed by atoms with Gasteiger partial charge in [-0.1, -0.05) is 6.07 Å². The number of ether oxygens (including phenoxy) is 3. The molecule has 0 saturated carbocycles. The van der Waals surface area contributed by atoms with Gasteiger partial charge in [-0.05, 0) is 30.7 Å². The molecule has 0 spiro atoms. The van der Waals surface area contributed by atoms with Gasteiger partial charge in [-0.2, -0.15) is 0 Å². The molecule has 3 rings (SSSR count). The van der Waals surface area contributed by atoms with Gasteiger partial charge in [0.25, 0.3) is 0 Å². The van der Waals surface area contributed by atoms with Gasteiger partial charge in [0.2, 0.25) is 5.88 Å². The van der Waals surface area contributed by atoms with E-state index in [1.807, 2.05) is 37.3 Å². The van der Waals surface area contributed by atoms with Crippen molar-refractivity contribution in [1.82, 2.24) is 4.98 Å². The van der Waals surface area contributed by atoms with Gasteiger partial charge < -0.3 is 19.9 Å². The summed E-state index contributed by atoms with van der Waals surface area (Å²) in [5.41, 5.74) is 7.62. The third-order valence-electron chi connectivity index (χ3n) is 3.53. The van der Waals surface area contributed by atoms with Crippen molar-refractivity contribution in [1.29, 1.82) is 0 Å². The highest BCUT2D eigenvalue weighted by atomic mass is 16.6. The maximum absolute atomic E-state index is 6.06. The van der Waals surface area contributed by atoms with Crippen LogP contribution < -0.4 is 19.9 Å². The molecule has 5 nitrogen and oxygen atoms in total. The molecule has 0 bridgehead atoms. The van der Waals surface area contributed by atoms with Crippen molar-refractivity contribution >= 4 is 0 Å². The highest BCUT2D eigenvalue weighted by molar-refractivity contribution is 5.45. The van der Waals surface area contributed by atoms with E-state index in [1.54, 1.807) is 13.3 Å². The molecule has 110 valence electrons. The van der Waals surface area contributed by atoms with Crippen molar-refractivity contribution in [3.05, 3.63) is 47.7 Å². The van der Waals surface area contributed by atoms with E-state index >= 15 is 0 Å². The molecule has 0 amide bonds. The summed E-state index contributed by atoms with van der Waals surface area (Å²) in [5.74, 6) is 2.05. The van der Waals surface area contributed by atoms with Gasteiger partial charge >= 0.3 is 0 Å². The molecule has 1 aromatic heterocycles. The number of methoxy groups -OCH3 is 1. The van der Waals surface area contributed by atoms with Gasteiger partial charge in [-0.15, -0.1) is 0 Å². The van der Waals surface area contributed by atoms with Crippen LogP contribution in [-0.2, 0) is 6.54 Å². The van der Waals surface area contributed by atoms with Crippen LogP contribution in [-0.4, -0.2) is 18.2 Å². The van der Waals surface area contributed by atoms with Gasteiger partial charge in [0.15, 0.2) is 17.6 Å². The third-order valence-corrected chi connectivity index (χ3v) is 3.53. The van der Waals surface area contributed by atoms with Gasteiger partial charge in [0, 0.05) is 24.4 Å². The van der Waals surface area contributed by atoms with E-state index in [-0.39, 0.29) is 12.2 Å². The minimum absolute atomic E-state index is 0.110. The summed E-state index contributed by atoms with van der Waals surface area (Å²) in [4.78, 5) is 4.22. The van der Waals surface area contributed by atoms with Crippen LogP contribution in [0.2, 0.25) is 0 Å². The first-order valence-electron chi connectivity index (χ1n) is 6.87. The molecule has 0 saturated heterocycles. The Morgan fingerprint density at radius 2 is 2.05 bits per heavy atom. The maximum atomic E-state index is 6.06. The summed E-state index contributed by atoms with van der Waals surface area (Å²) in [6, 6.07) is 9.53. The van der Waals surface area contributed by atoms with Crippen LogP contribution in [0.5, 0.6) is 17.4 Å². The number of nitrogens with zero attached hydrogens (tertiary/aromatic N) is 1. The van der Waals surface area contributed by atoms with Crippen LogP contribution in [0.4, 0.5) is 0 Å². The molecule has 5 heteroatoms. The number of aromatic nitrogens is 1. The molecule has 21 heavy (non-hydrogen) atoms. The van der Waals surface area contributed by atoms with E-state index in [1.165, 1.54) is 0 Å². The summed E-state index contributed by atoms with van der Waals surface area (Å²) >= 11 is 0. The Morgan fingerprint density at radius 3 is 2.71 bits per heavy atom. The van der Waals surface area contributed by atoms with Gasteiger partial charge in [-0.25, -0.2) is 4.98 Å². The summed E-state index contributed by atoms with van der Waals surface area (Å²) < 4.78 is 17.1. The van der Waals surface area contributed by atoms with Crippen molar-refractivity contribution in [2.45, 2.75) is 25.7 Å². The van der Waals surface area contributed by atoms with Gasteiger partial charge in [-0.3, -0.25) is 0 Å². The third kappa shape index (κ3) is 2.64. The first-order chi connectivity index (χ1) is 10.2. The molecule has 2 atom stereocenters. The van der Waals surface area contributed by atoms with Gasteiger partial charge in [0.05, 0.1) is 7.11 Å². The van der Waals surface area contributed by atoms with Crippen LogP contribution in [0.15, 0.2) is 36.5 Å². The van der Waals surface area contributed by atoms with E-state index in [4.69, 9.17) is 19.9 Å². The zero-order valence-corrected chi connectivity index (χ0v) is 12.1. The first-order valence-corrected chi connectivity index (χ1v) is 6.87. The molecule has 2 aromatic rings. The Balaban J connectivity index is 1.87. The lowest BCUT2D eigenvalue weighted by Crippen LogP contribution is -2.30. The molecule has 1 aromatic carbocycles. The number of hydrogen-bond donors (Lipinski definition) is 1. The number of nitrogens with two attached hydrogens (primary N) is 1. The average molecular weight is 286 g/mol. The van der Waals surface area contributed by atoms with Crippen LogP contribution in [0, 0.1) is 0 Å². The molecular weight excluding hydrogens is 268 g/mol. The van der Waals surface area contributed by atoms with Crippen molar-refractivity contribution in [3.8, 4) is 17.4 Å². The minimum atomic E-state index is -0.195. The SMILES string of the molecule is COc1ccc(C2Oc3ccc(CN)cc3OC2C)cn1. The number of benzene rings is 1. The molecule has 0 aliphatic carbocycles. The van der Waals surface area contributed by atoms with E-state index in [0.29, 0.717) is 12.4 Å². The topological polar surface area (TPSA) is 66.6 Å². The smallest absolute Gasteiger partial charge is 0.212 e. The second-order valence-electron chi connectivity index (χ2n) is 4.98. The van der Waals surface area contributed by atoms with Crippen molar-refractivity contribution in [3.63, 3.8) is 0 Å². The fraction of sp³-hybridized carbons (Fsp3) is 0.312. The fourth-order valence-electron chi connectivity index (χ4n) is 2.38. The first kappa shape index (κ1) is 13.7. The maximum Gasteiger partial charge on any atom is 0.212 e. The lowest BCUT2D eigenvalue weighted by atomic mass is 10.1. The summed E-state index contributed by atoms with van der Waals surface area (Å²) in [6.07, 6.45) is 1.45. The quantitative estimate of drug-likeness (QED) is 0.938. The average Bonchev–Trinajstić information content (AvgIpc) is 2.53. The van der Waals surface area contributed by atoms with Crippen LogP contribution in [0.1, 0.15) is 24.2 Å². The minimum Gasteiger partial charge on any atom is -0.483 e. The van der Waals surface area contributed by atoms with E-state index in [9.17, 15) is 0 Å². The summed E-state index contributed by atoms with van der Waals surface area (Å²) in [7, 11) is 1.59. The Morgan fingerprint density at radius 1 is 1.19 bits per heavy atom. The normalized spacial score (nSPS) is 20.1. The van der Waals surface area contributed by atoms with E-state index in [0.717, 1.165) is 22.6 Å². The predicted octanol–water partition coefficient (Wildman–Crippen LogP) is 2.45. The molecule has 2 N–H and O–H groups in total. The Labute approximate surface area is 123 Å². The molecule has 1 aliphatic rings. The second kappa shape index (κ2) is 5.61. The largest absolute Gasteiger partial charge is 0.483 e. The van der Waals surface area contributed by atoms with Crippen LogP contribution >= 0.6 is 0 Å². The number of pyridine rings is 1. The lowest BCUT2D eigenvalue weighted by molar-refractivity contribution is 0.0303. The van der Waals surface area contributed by atoms with Gasteiger partial charge in [0.1, 0.15) is 6.10 Å². The fourth-order valence-corrected chi connectivity index (χ4v) is 2.38. The Hall–Kier alpha value is -2.27. The molecular formula is C16H18N2O3. The number of rotatable bonds is 3. The lowest BCUT2D eigenvalue weighted by Gasteiger charge is -2.32. The zero-order valence-electron chi connectivity index (χ0n) is 12.1. The molecule has 0 fully saturated rings. The standard InChI is InChI=1S/C16H18N2O3/c1-10-16(12-4-6-15(19-2)18-9-12)21-13-5-3-11(8-17)7-14(13)20-10/h3-7,9-10,16H,8,17H2,1-2H3. The Bertz CT molecular complexity index is 628. The second-order valence-corrected chi connectivity index (χ2v) is 4.98. The van der Waals surface area contributed by atoms with Crippen molar-refractivity contribution < 1.29 is 14.2 Å². The van der Waals surface area contributed by atoms with Crippen LogP contribution in [0.3, 0.4) is 0 Å². The summed E-state index contributed by atoms with van der Waals surface area (Å²) in [5, 5.41) is 0. The zero-order chi connectivity index (χ0) is 14.8. The molecule has 2 heterocycles. The summed E-state index contributed by atoms with van der Waals surface area (Å²) in [6.45, 7) is 2.46. The highest BCUT2D eigenvalue weighted by Crippen LogP contribution is 2.39. The number of hydrogen-bond acceptors (Lipinski definition) is 5. The molecule has 2 unspecified atom stereocenters. The predicted molar refractivity (Wildman–Crippen MR) is 78.6 cm³/mol. The molecule has 0 radical (unpaired) electrons. The van der Waals surface area contributed by atoms with E-state index < -0.39 is 0 Å². The Kier molecular flexibility index (Phi) is 3.66. The molecule has 1 aliphatic heterocycles. The van der Waals surface area contributed by atoms with Crippen molar-refractivity contribution in [2.75, 3.05) is 7.11 Å². The monoisotopic (exact) mass is 286 g/mol. The highest BCUT2D eigenvalue weighted by Gasteiger charge is 2.30.